The zero-order valence-electron chi connectivity index (χ0n) is 15.1. The van der Waals surface area contributed by atoms with Crippen molar-refractivity contribution >= 4 is 9.76 Å². The van der Waals surface area contributed by atoms with Crippen LogP contribution in [-0.2, 0) is 33.8 Å². The summed E-state index contributed by atoms with van der Waals surface area (Å²) in [6.45, 7) is 7.48. The molecule has 0 fully saturated rings. The minimum atomic E-state index is -0.632. The van der Waals surface area contributed by atoms with E-state index in [0.29, 0.717) is 6.42 Å². The summed E-state index contributed by atoms with van der Waals surface area (Å²) in [7, 11) is 3.98. The van der Waals surface area contributed by atoms with Gasteiger partial charge in [0.05, 0.1) is 27.3 Å². The fourth-order valence-corrected chi connectivity index (χ4v) is 2.68. The summed E-state index contributed by atoms with van der Waals surface area (Å²) in [4.78, 5) is 44.7. The Morgan fingerprint density at radius 1 is 0.880 bits per heavy atom. The Kier molecular flexibility index (Phi) is 12.2. The van der Waals surface area contributed by atoms with Gasteiger partial charge in [0.2, 0.25) is 0 Å². The molecule has 9 nitrogen and oxygen atoms in total. The minimum Gasteiger partial charge on any atom is -0.427 e. The molecule has 1 heterocycles. The molecule has 0 N–H and O–H groups in total. The Bertz CT molecular complexity index is 656. The molecule has 0 aromatic carbocycles. The highest BCUT2D eigenvalue weighted by molar-refractivity contribution is 6.26. The van der Waals surface area contributed by atoms with Gasteiger partial charge in [0.25, 0.3) is 0 Å². The molecule has 0 atom stereocenters. The van der Waals surface area contributed by atoms with Crippen LogP contribution in [0.15, 0.2) is 39.7 Å². The first-order valence-electron chi connectivity index (χ1n) is 7.72. The van der Waals surface area contributed by atoms with Crippen molar-refractivity contribution < 1.29 is 14.2 Å². The Morgan fingerprint density at radius 2 is 1.32 bits per heavy atom. The lowest BCUT2D eigenvalue weighted by molar-refractivity contribution is -0.248. The summed E-state index contributed by atoms with van der Waals surface area (Å²) in [5.74, 6) is 0. The van der Waals surface area contributed by atoms with Crippen LogP contribution >= 0.6 is 0 Å². The van der Waals surface area contributed by atoms with Gasteiger partial charge in [-0.3, -0.25) is 0 Å². The van der Waals surface area contributed by atoms with E-state index in [-0.39, 0.29) is 19.6 Å². The Morgan fingerprint density at radius 3 is 1.68 bits per heavy atom. The molecule has 1 aromatic heterocycles. The van der Waals surface area contributed by atoms with E-state index in [9.17, 15) is 14.4 Å². The van der Waals surface area contributed by atoms with Gasteiger partial charge >= 0.3 is 17.1 Å². The fraction of sp³-hybridized carbons (Fsp3) is 0.533. The quantitative estimate of drug-likeness (QED) is 0.177. The maximum atomic E-state index is 12.2. The largest absolute Gasteiger partial charge is 0.427 e. The molecule has 0 saturated heterocycles. The van der Waals surface area contributed by atoms with E-state index in [1.54, 1.807) is 7.11 Å². The lowest BCUT2D eigenvalue weighted by Gasteiger charge is -2.11. The summed E-state index contributed by atoms with van der Waals surface area (Å²) >= 11 is 0. The van der Waals surface area contributed by atoms with Crippen LogP contribution in [0.5, 0.6) is 0 Å². The molecular formula is C15H27N3O6Si. The molecule has 0 aliphatic carbocycles. The normalized spacial score (nSPS) is 10.5. The highest BCUT2D eigenvalue weighted by Gasteiger charge is 2.13. The van der Waals surface area contributed by atoms with Crippen LogP contribution in [-0.4, -0.2) is 44.8 Å². The third kappa shape index (κ3) is 7.18. The van der Waals surface area contributed by atoms with E-state index in [4.69, 9.17) is 4.43 Å². The summed E-state index contributed by atoms with van der Waals surface area (Å²) in [5, 5.41) is 0. The molecule has 0 amide bonds. The average Bonchev–Trinajstić information content (AvgIpc) is 2.62. The molecule has 0 spiro atoms. The number of allylic oxidation sites excluding steroid dienone is 2. The third-order valence-electron chi connectivity index (χ3n) is 3.16. The molecule has 0 bridgehead atoms. The Hall–Kier alpha value is -2.01. The standard InChI is InChI=1S/C13H21N3O4Si.C2H6O2/c1-4-7-14-11(17)15(8-5-2)13(19)16(12(14)18)9-6-10-21-20-3;1-3-4-2/h4-5H,1-2,6-10,21H2,3H3;1-2H3. The van der Waals surface area contributed by atoms with Gasteiger partial charge < -0.3 is 4.43 Å². The number of aromatic nitrogens is 3. The maximum absolute atomic E-state index is 12.2. The first-order chi connectivity index (χ1) is 12.0. The Labute approximate surface area is 148 Å². The Balaban J connectivity index is 0.00000129. The first kappa shape index (κ1) is 23.0. The van der Waals surface area contributed by atoms with Crippen molar-refractivity contribution in [2.75, 3.05) is 21.3 Å². The SMILES string of the molecule is C=CCn1c(=O)n(CC=C)c(=O)n(CCC[SiH2]OC)c1=O.COOC. The van der Waals surface area contributed by atoms with Crippen molar-refractivity contribution in [2.45, 2.75) is 32.1 Å². The fourth-order valence-electron chi connectivity index (χ4n) is 1.96. The van der Waals surface area contributed by atoms with Crippen LogP contribution in [0.3, 0.4) is 0 Å². The molecule has 0 saturated carbocycles. The van der Waals surface area contributed by atoms with E-state index in [2.05, 4.69) is 22.9 Å². The molecule has 1 aromatic rings. The second-order valence-electron chi connectivity index (χ2n) is 4.83. The van der Waals surface area contributed by atoms with Gasteiger partial charge in [-0.1, -0.05) is 12.2 Å². The van der Waals surface area contributed by atoms with Crippen LogP contribution in [0.4, 0.5) is 0 Å². The summed E-state index contributed by atoms with van der Waals surface area (Å²) < 4.78 is 8.18. The highest BCUT2D eigenvalue weighted by Crippen LogP contribution is 1.91. The van der Waals surface area contributed by atoms with Gasteiger partial charge in [0.1, 0.15) is 0 Å². The van der Waals surface area contributed by atoms with Crippen LogP contribution in [0.2, 0.25) is 6.04 Å². The van der Waals surface area contributed by atoms with E-state index >= 15 is 0 Å². The van der Waals surface area contributed by atoms with E-state index < -0.39 is 26.8 Å². The van der Waals surface area contributed by atoms with Gasteiger partial charge in [-0.25, -0.2) is 37.9 Å². The first-order valence-corrected chi connectivity index (χ1v) is 9.29. The molecule has 0 unspecified atom stereocenters. The van der Waals surface area contributed by atoms with Gasteiger partial charge in [0.15, 0.2) is 9.76 Å². The third-order valence-corrected chi connectivity index (χ3v) is 4.35. The summed E-state index contributed by atoms with van der Waals surface area (Å²) in [5.41, 5.74) is -1.82. The van der Waals surface area contributed by atoms with Crippen molar-refractivity contribution in [1.82, 2.24) is 13.7 Å². The molecular weight excluding hydrogens is 346 g/mol. The minimum absolute atomic E-state index is 0.0713. The number of hydrogen-bond donors (Lipinski definition) is 0. The lowest BCUT2D eigenvalue weighted by Crippen LogP contribution is -2.54. The van der Waals surface area contributed by atoms with Gasteiger partial charge in [-0.2, -0.15) is 0 Å². The summed E-state index contributed by atoms with van der Waals surface area (Å²) in [6.07, 6.45) is 3.58. The molecule has 142 valence electrons. The average molecular weight is 373 g/mol. The summed E-state index contributed by atoms with van der Waals surface area (Å²) in [6, 6.07) is 0.865. The van der Waals surface area contributed by atoms with Gasteiger partial charge in [-0.05, 0) is 12.5 Å². The second kappa shape index (κ2) is 13.3. The zero-order valence-corrected chi connectivity index (χ0v) is 16.5. The highest BCUT2D eigenvalue weighted by atomic mass is 28.2. The second-order valence-corrected chi connectivity index (χ2v) is 6.52. The predicted octanol–water partition coefficient (Wildman–Crippen LogP) is -0.723. The number of nitrogens with zero attached hydrogens (tertiary/aromatic N) is 3. The molecule has 10 heteroatoms. The van der Waals surface area contributed by atoms with E-state index in [1.807, 2.05) is 0 Å². The smallest absolute Gasteiger partial charge is 0.336 e. The molecule has 25 heavy (non-hydrogen) atoms. The zero-order chi connectivity index (χ0) is 19.2. The van der Waals surface area contributed by atoms with Crippen molar-refractivity contribution in [3.8, 4) is 0 Å². The van der Waals surface area contributed by atoms with Crippen molar-refractivity contribution in [3.63, 3.8) is 0 Å². The maximum Gasteiger partial charge on any atom is 0.336 e. The predicted molar refractivity (Wildman–Crippen MR) is 98.6 cm³/mol. The number of hydrogen-bond acceptors (Lipinski definition) is 6. The van der Waals surface area contributed by atoms with Crippen LogP contribution in [0.25, 0.3) is 0 Å². The molecule has 0 radical (unpaired) electrons. The van der Waals surface area contributed by atoms with Crippen LogP contribution in [0.1, 0.15) is 6.42 Å². The van der Waals surface area contributed by atoms with Crippen LogP contribution in [0, 0.1) is 0 Å². The lowest BCUT2D eigenvalue weighted by atomic mass is 10.4. The van der Waals surface area contributed by atoms with Crippen molar-refractivity contribution in [3.05, 3.63) is 56.8 Å². The monoisotopic (exact) mass is 373 g/mol. The molecule has 1 rings (SSSR count). The molecule has 0 aliphatic rings. The number of rotatable bonds is 10. The van der Waals surface area contributed by atoms with Gasteiger partial charge in [-0.15, -0.1) is 13.2 Å². The van der Waals surface area contributed by atoms with Crippen molar-refractivity contribution in [1.29, 1.82) is 0 Å². The van der Waals surface area contributed by atoms with Gasteiger partial charge in [0, 0.05) is 13.7 Å². The van der Waals surface area contributed by atoms with Crippen molar-refractivity contribution in [2.24, 2.45) is 0 Å². The van der Waals surface area contributed by atoms with E-state index in [0.717, 1.165) is 19.7 Å². The van der Waals surface area contributed by atoms with E-state index in [1.165, 1.54) is 26.4 Å². The van der Waals surface area contributed by atoms with Crippen LogP contribution < -0.4 is 17.1 Å². The molecule has 0 aliphatic heterocycles. The topological polar surface area (TPSA) is 93.7 Å².